The molecule has 2 aromatic rings. The maximum atomic E-state index is 11.4. The van der Waals surface area contributed by atoms with Gasteiger partial charge in [-0.1, -0.05) is 41.5 Å². The molecular weight excluding hydrogens is 282 g/mol. The topological polar surface area (TPSA) is 29.1 Å². The van der Waals surface area contributed by atoms with E-state index in [1.165, 1.54) is 16.7 Å². The smallest absolute Gasteiger partial charge is 0.224 e. The highest BCUT2D eigenvalue weighted by Crippen LogP contribution is 2.33. The first-order valence-electron chi connectivity index (χ1n) is 7.18. The highest BCUT2D eigenvalue weighted by molar-refractivity contribution is 6.22. The van der Waals surface area contributed by atoms with Crippen molar-refractivity contribution >= 4 is 23.2 Å². The molecule has 0 bridgehead atoms. The van der Waals surface area contributed by atoms with Crippen LogP contribution < -0.4 is 5.32 Å². The molecule has 0 radical (unpaired) electrons. The van der Waals surface area contributed by atoms with Gasteiger partial charge in [-0.15, -0.1) is 11.6 Å². The average molecular weight is 300 g/mol. The van der Waals surface area contributed by atoms with Crippen LogP contribution in [0.1, 0.15) is 39.6 Å². The molecule has 0 fully saturated rings. The first-order valence-corrected chi connectivity index (χ1v) is 7.61. The van der Waals surface area contributed by atoms with Crippen LogP contribution >= 0.6 is 11.6 Å². The van der Waals surface area contributed by atoms with E-state index >= 15 is 0 Å². The summed E-state index contributed by atoms with van der Waals surface area (Å²) in [4.78, 5) is 11.4. The predicted molar refractivity (Wildman–Crippen MR) is 87.0 cm³/mol. The van der Waals surface area contributed by atoms with Crippen LogP contribution in [0.3, 0.4) is 0 Å². The Hall–Kier alpha value is -1.80. The van der Waals surface area contributed by atoms with Crippen LogP contribution in [0.4, 0.5) is 5.69 Å². The van der Waals surface area contributed by atoms with Crippen molar-refractivity contribution in [3.8, 4) is 0 Å². The minimum atomic E-state index is -0.161. The molecule has 1 atom stereocenters. The summed E-state index contributed by atoms with van der Waals surface area (Å²) in [7, 11) is 0. The number of aryl methyl sites for hydroxylation is 3. The van der Waals surface area contributed by atoms with Crippen LogP contribution in [0, 0.1) is 13.8 Å². The number of rotatable bonds is 2. The quantitative estimate of drug-likeness (QED) is 0.812. The van der Waals surface area contributed by atoms with Gasteiger partial charge in [0, 0.05) is 12.1 Å². The van der Waals surface area contributed by atoms with E-state index in [4.69, 9.17) is 11.6 Å². The Bertz CT molecular complexity index is 688. The minimum absolute atomic E-state index is 0.0898. The van der Waals surface area contributed by atoms with Crippen LogP contribution in [-0.2, 0) is 11.2 Å². The van der Waals surface area contributed by atoms with Gasteiger partial charge in [-0.25, -0.2) is 0 Å². The van der Waals surface area contributed by atoms with Gasteiger partial charge in [0.1, 0.15) is 0 Å². The van der Waals surface area contributed by atoms with Gasteiger partial charge < -0.3 is 5.32 Å². The van der Waals surface area contributed by atoms with Crippen LogP contribution in [0.25, 0.3) is 0 Å². The third kappa shape index (κ3) is 2.96. The molecule has 1 aliphatic heterocycles. The van der Waals surface area contributed by atoms with Crippen LogP contribution in [0.15, 0.2) is 36.4 Å². The Balaban J connectivity index is 1.94. The number of carbonyl (C=O) groups is 1. The molecule has 1 aliphatic rings. The molecule has 2 nitrogen and oxygen atoms in total. The molecule has 2 aromatic carbocycles. The van der Waals surface area contributed by atoms with Gasteiger partial charge in [0.15, 0.2) is 0 Å². The number of halogens is 1. The lowest BCUT2D eigenvalue weighted by Gasteiger charge is -2.19. The Morgan fingerprint density at radius 3 is 2.43 bits per heavy atom. The first kappa shape index (κ1) is 14.2. The average Bonchev–Trinajstić information content (AvgIpc) is 2.45. The van der Waals surface area contributed by atoms with E-state index in [1.54, 1.807) is 0 Å². The van der Waals surface area contributed by atoms with Crippen molar-refractivity contribution in [3.05, 3.63) is 64.2 Å². The molecule has 1 heterocycles. The van der Waals surface area contributed by atoms with Crippen molar-refractivity contribution < 1.29 is 4.79 Å². The summed E-state index contributed by atoms with van der Waals surface area (Å²) in [6.45, 7) is 4.17. The summed E-state index contributed by atoms with van der Waals surface area (Å²) in [6, 6.07) is 12.5. The molecule has 3 rings (SSSR count). The Morgan fingerprint density at radius 1 is 1.00 bits per heavy atom. The van der Waals surface area contributed by atoms with E-state index in [0.29, 0.717) is 6.42 Å². The van der Waals surface area contributed by atoms with E-state index in [0.717, 1.165) is 23.2 Å². The lowest BCUT2D eigenvalue weighted by atomic mass is 9.95. The zero-order valence-corrected chi connectivity index (χ0v) is 13.0. The molecule has 1 unspecified atom stereocenters. The lowest BCUT2D eigenvalue weighted by molar-refractivity contribution is -0.116. The van der Waals surface area contributed by atoms with E-state index < -0.39 is 0 Å². The Labute approximate surface area is 130 Å². The fourth-order valence-electron chi connectivity index (χ4n) is 2.91. The van der Waals surface area contributed by atoms with Gasteiger partial charge in [0.25, 0.3) is 0 Å². The summed E-state index contributed by atoms with van der Waals surface area (Å²) in [5.74, 6) is 0.0898. The molecule has 1 amide bonds. The molecule has 0 saturated carbocycles. The Kier molecular flexibility index (Phi) is 3.73. The second-order valence-corrected chi connectivity index (χ2v) is 6.18. The first-order chi connectivity index (χ1) is 10.0. The summed E-state index contributed by atoms with van der Waals surface area (Å²) in [5, 5.41) is 2.74. The third-order valence-electron chi connectivity index (χ3n) is 3.85. The maximum absolute atomic E-state index is 11.4. The normalized spacial score (nSPS) is 15.3. The largest absolute Gasteiger partial charge is 0.326 e. The van der Waals surface area contributed by atoms with Crippen molar-refractivity contribution in [2.24, 2.45) is 0 Å². The number of amides is 1. The fraction of sp³-hybridized carbons (Fsp3) is 0.278. The van der Waals surface area contributed by atoms with Gasteiger partial charge in [0.05, 0.1) is 5.38 Å². The number of anilines is 1. The highest BCUT2D eigenvalue weighted by Gasteiger charge is 2.18. The molecule has 0 aliphatic carbocycles. The van der Waals surface area contributed by atoms with Crippen LogP contribution in [0.2, 0.25) is 0 Å². The predicted octanol–water partition coefficient (Wildman–Crippen LogP) is 4.52. The number of benzene rings is 2. The number of hydrogen-bond donors (Lipinski definition) is 1. The van der Waals surface area contributed by atoms with Gasteiger partial charge in [-0.2, -0.15) is 0 Å². The Morgan fingerprint density at radius 2 is 1.71 bits per heavy atom. The van der Waals surface area contributed by atoms with Crippen LogP contribution in [0.5, 0.6) is 0 Å². The maximum Gasteiger partial charge on any atom is 0.224 e. The SMILES string of the molecule is Cc1cc(C)cc(C(Cl)c2ccc3c(c2)CCC(=O)N3)c1. The summed E-state index contributed by atoms with van der Waals surface area (Å²) < 4.78 is 0. The van der Waals surface area contributed by atoms with Crippen molar-refractivity contribution in [2.75, 3.05) is 5.32 Å². The molecule has 0 saturated heterocycles. The lowest BCUT2D eigenvalue weighted by Crippen LogP contribution is -2.19. The van der Waals surface area contributed by atoms with Gasteiger partial charge in [-0.05, 0) is 43.0 Å². The number of nitrogens with one attached hydrogen (secondary N) is 1. The molecule has 0 aromatic heterocycles. The summed E-state index contributed by atoms with van der Waals surface area (Å²) in [5.41, 5.74) is 6.73. The highest BCUT2D eigenvalue weighted by atomic mass is 35.5. The van der Waals surface area contributed by atoms with Crippen LogP contribution in [-0.4, -0.2) is 5.91 Å². The molecule has 0 spiro atoms. The zero-order valence-electron chi connectivity index (χ0n) is 12.2. The number of hydrogen-bond acceptors (Lipinski definition) is 1. The van der Waals surface area contributed by atoms with Gasteiger partial charge in [0.2, 0.25) is 5.91 Å². The van der Waals surface area contributed by atoms with Gasteiger partial charge in [-0.3, -0.25) is 4.79 Å². The van der Waals surface area contributed by atoms with E-state index in [2.05, 4.69) is 43.4 Å². The van der Waals surface area contributed by atoms with E-state index in [9.17, 15) is 4.79 Å². The molecule has 21 heavy (non-hydrogen) atoms. The molecular formula is C18H18ClNO. The number of alkyl halides is 1. The second-order valence-electron chi connectivity index (χ2n) is 5.75. The van der Waals surface area contributed by atoms with E-state index in [1.807, 2.05) is 12.1 Å². The standard InChI is InChI=1S/C18H18ClNO/c1-11-7-12(2)9-15(8-11)18(19)14-3-5-16-13(10-14)4-6-17(21)20-16/h3,5,7-10,18H,4,6H2,1-2H3,(H,20,21). The van der Waals surface area contributed by atoms with E-state index in [-0.39, 0.29) is 11.3 Å². The van der Waals surface area contributed by atoms with Gasteiger partial charge >= 0.3 is 0 Å². The summed E-state index contributed by atoms with van der Waals surface area (Å²) in [6.07, 6.45) is 1.33. The van der Waals surface area contributed by atoms with Crippen molar-refractivity contribution in [1.82, 2.24) is 0 Å². The number of carbonyl (C=O) groups excluding carboxylic acids is 1. The number of fused-ring (bicyclic) bond motifs is 1. The zero-order chi connectivity index (χ0) is 15.0. The molecule has 108 valence electrons. The van der Waals surface area contributed by atoms with Crippen molar-refractivity contribution in [3.63, 3.8) is 0 Å². The molecule has 3 heteroatoms. The minimum Gasteiger partial charge on any atom is -0.326 e. The fourth-order valence-corrected chi connectivity index (χ4v) is 3.17. The van der Waals surface area contributed by atoms with Crippen molar-refractivity contribution in [2.45, 2.75) is 32.1 Å². The summed E-state index contributed by atoms with van der Waals surface area (Å²) >= 11 is 6.66. The third-order valence-corrected chi connectivity index (χ3v) is 4.36. The second kappa shape index (κ2) is 5.53. The molecule has 1 N–H and O–H groups in total. The van der Waals surface area contributed by atoms with Crippen molar-refractivity contribution in [1.29, 1.82) is 0 Å². The monoisotopic (exact) mass is 299 g/mol.